The van der Waals surface area contributed by atoms with Crippen LogP contribution in [0.25, 0.3) is 0 Å². The summed E-state index contributed by atoms with van der Waals surface area (Å²) in [7, 11) is 2.93. The molecule has 0 bridgehead atoms. The van der Waals surface area contributed by atoms with Gasteiger partial charge in [-0.25, -0.2) is 0 Å². The van der Waals surface area contributed by atoms with Gasteiger partial charge in [-0.1, -0.05) is 27.7 Å². The van der Waals surface area contributed by atoms with Crippen molar-refractivity contribution in [1.29, 1.82) is 0 Å². The number of hydrogen-bond acceptors (Lipinski definition) is 4. The van der Waals surface area contributed by atoms with Crippen molar-refractivity contribution in [3.05, 3.63) is 11.5 Å². The minimum atomic E-state index is -0.946. The van der Waals surface area contributed by atoms with Gasteiger partial charge in [0.15, 0.2) is 0 Å². The highest BCUT2D eigenvalue weighted by atomic mass is 33.1. The van der Waals surface area contributed by atoms with E-state index in [0.717, 1.165) is 0 Å². The predicted molar refractivity (Wildman–Crippen MR) is 50.5 cm³/mol. The van der Waals surface area contributed by atoms with E-state index >= 15 is 0 Å². The van der Waals surface area contributed by atoms with E-state index in [9.17, 15) is 4.79 Å². The molecule has 0 spiro atoms. The maximum atomic E-state index is 10.2. The summed E-state index contributed by atoms with van der Waals surface area (Å²) in [5.41, 5.74) is 5.24. The van der Waals surface area contributed by atoms with Gasteiger partial charge in [0, 0.05) is 5.75 Å². The molecule has 5 heteroatoms. The first kappa shape index (κ1) is 10.9. The number of carbonyl (C=O) groups is 1. The molecule has 0 saturated carbocycles. The fraction of sp³-hybridized carbons (Fsp3) is 0.500. The topological polar surface area (TPSA) is 63.3 Å². The molecule has 0 aliphatic heterocycles. The Hall–Kier alpha value is -0.130. The van der Waals surface area contributed by atoms with E-state index in [-0.39, 0.29) is 0 Å². The van der Waals surface area contributed by atoms with Crippen molar-refractivity contribution in [2.45, 2.75) is 13.0 Å². The average molecular weight is 193 g/mol. The number of hydrogen-bond donors (Lipinski definition) is 2. The van der Waals surface area contributed by atoms with Crippen molar-refractivity contribution < 1.29 is 9.90 Å². The maximum absolute atomic E-state index is 10.2. The number of carboxylic acid groups (broad SMARTS) is 1. The predicted octanol–water partition coefficient (Wildman–Crippen LogP) is 1.31. The molecule has 0 heterocycles. The van der Waals surface area contributed by atoms with E-state index in [1.165, 1.54) is 21.6 Å². The van der Waals surface area contributed by atoms with Crippen LogP contribution in [0.2, 0.25) is 0 Å². The molecule has 0 amide bonds. The lowest BCUT2D eigenvalue weighted by Crippen LogP contribution is -2.32. The van der Waals surface area contributed by atoms with E-state index in [0.29, 0.717) is 5.75 Å². The first-order chi connectivity index (χ1) is 5.18. The third kappa shape index (κ3) is 6.28. The number of aliphatic carboxylic acids is 1. The summed E-state index contributed by atoms with van der Waals surface area (Å²) in [6, 6.07) is -0.752. The standard InChI is InChI=1S/C6H11NO2S2/c1-2-3-10-11-4-5(7)6(8)9/h2-3,5H,4,7H2,1H3,(H,8,9)/b3-2+/t5-/m0/s1. The Labute approximate surface area is 73.8 Å². The number of rotatable bonds is 5. The first-order valence-electron chi connectivity index (χ1n) is 3.06. The van der Waals surface area contributed by atoms with Gasteiger partial charge in [-0.2, -0.15) is 0 Å². The molecular weight excluding hydrogens is 182 g/mol. The smallest absolute Gasteiger partial charge is 0.321 e. The molecule has 0 radical (unpaired) electrons. The van der Waals surface area contributed by atoms with Crippen LogP contribution in [-0.2, 0) is 4.79 Å². The second-order valence-corrected chi connectivity index (χ2v) is 4.11. The monoisotopic (exact) mass is 193 g/mol. The van der Waals surface area contributed by atoms with Gasteiger partial charge in [-0.05, 0) is 12.3 Å². The zero-order valence-electron chi connectivity index (χ0n) is 6.19. The Balaban J connectivity index is 3.31. The van der Waals surface area contributed by atoms with Crippen molar-refractivity contribution in [2.75, 3.05) is 5.75 Å². The Morgan fingerprint density at radius 3 is 2.91 bits per heavy atom. The normalized spacial score (nSPS) is 13.6. The van der Waals surface area contributed by atoms with Gasteiger partial charge in [0.2, 0.25) is 0 Å². The molecular formula is C6H11NO2S2. The van der Waals surface area contributed by atoms with Crippen molar-refractivity contribution in [3.63, 3.8) is 0 Å². The molecule has 0 fully saturated rings. The van der Waals surface area contributed by atoms with Crippen molar-refractivity contribution in [3.8, 4) is 0 Å². The molecule has 3 N–H and O–H groups in total. The fourth-order valence-electron chi connectivity index (χ4n) is 0.279. The van der Waals surface area contributed by atoms with Crippen LogP contribution >= 0.6 is 21.6 Å². The Morgan fingerprint density at radius 1 is 1.82 bits per heavy atom. The van der Waals surface area contributed by atoms with E-state index in [1.54, 1.807) is 0 Å². The minimum absolute atomic E-state index is 0.435. The average Bonchev–Trinajstić information content (AvgIpc) is 1.97. The highest BCUT2D eigenvalue weighted by Gasteiger charge is 2.09. The van der Waals surface area contributed by atoms with Gasteiger partial charge < -0.3 is 10.8 Å². The summed E-state index contributed by atoms with van der Waals surface area (Å²) < 4.78 is 0. The van der Waals surface area contributed by atoms with Crippen molar-refractivity contribution in [1.82, 2.24) is 0 Å². The molecule has 0 aromatic carbocycles. The Bertz CT molecular complexity index is 150. The summed E-state index contributed by atoms with van der Waals surface area (Å²) in [6.07, 6.45) is 1.89. The van der Waals surface area contributed by atoms with E-state index < -0.39 is 12.0 Å². The van der Waals surface area contributed by atoms with E-state index in [2.05, 4.69) is 0 Å². The van der Waals surface area contributed by atoms with Crippen LogP contribution in [-0.4, -0.2) is 22.9 Å². The Morgan fingerprint density at radius 2 is 2.45 bits per heavy atom. The van der Waals surface area contributed by atoms with E-state index in [4.69, 9.17) is 10.8 Å². The van der Waals surface area contributed by atoms with Crippen LogP contribution in [0.4, 0.5) is 0 Å². The molecule has 0 rings (SSSR count). The fourth-order valence-corrected chi connectivity index (χ4v) is 2.08. The third-order valence-electron chi connectivity index (χ3n) is 0.824. The lowest BCUT2D eigenvalue weighted by Gasteiger charge is -2.02. The highest BCUT2D eigenvalue weighted by Crippen LogP contribution is 2.22. The summed E-state index contributed by atoms with van der Waals surface area (Å²) >= 11 is 0. The van der Waals surface area contributed by atoms with Gasteiger partial charge >= 0.3 is 5.97 Å². The SMILES string of the molecule is C/C=C/SSC[C@H](N)C(=O)O. The summed E-state index contributed by atoms with van der Waals surface area (Å²) in [5, 5.41) is 10.3. The molecule has 0 saturated heterocycles. The maximum Gasteiger partial charge on any atom is 0.321 e. The van der Waals surface area contributed by atoms with Crippen molar-refractivity contribution in [2.24, 2.45) is 5.73 Å². The molecule has 11 heavy (non-hydrogen) atoms. The van der Waals surface area contributed by atoms with Crippen LogP contribution in [0.1, 0.15) is 6.92 Å². The zero-order valence-corrected chi connectivity index (χ0v) is 7.82. The lowest BCUT2D eigenvalue weighted by molar-refractivity contribution is -0.137. The van der Waals surface area contributed by atoms with Gasteiger partial charge in [0.05, 0.1) is 0 Å². The minimum Gasteiger partial charge on any atom is -0.480 e. The zero-order chi connectivity index (χ0) is 8.69. The third-order valence-corrected chi connectivity index (χ3v) is 2.99. The van der Waals surface area contributed by atoms with Crippen LogP contribution in [0.5, 0.6) is 0 Å². The lowest BCUT2D eigenvalue weighted by atomic mass is 10.4. The van der Waals surface area contributed by atoms with Crippen LogP contribution in [0.3, 0.4) is 0 Å². The van der Waals surface area contributed by atoms with Gasteiger partial charge in [-0.15, -0.1) is 0 Å². The Kier molecular flexibility index (Phi) is 6.49. The molecule has 64 valence electrons. The quantitative estimate of drug-likeness (QED) is 0.509. The largest absolute Gasteiger partial charge is 0.480 e. The molecule has 0 aromatic heterocycles. The van der Waals surface area contributed by atoms with Gasteiger partial charge in [0.1, 0.15) is 6.04 Å². The highest BCUT2D eigenvalue weighted by molar-refractivity contribution is 8.77. The first-order valence-corrected chi connectivity index (χ1v) is 5.44. The number of allylic oxidation sites excluding steroid dienone is 1. The molecule has 0 unspecified atom stereocenters. The number of carboxylic acids is 1. The second-order valence-electron chi connectivity index (χ2n) is 1.79. The second kappa shape index (κ2) is 6.57. The van der Waals surface area contributed by atoms with Gasteiger partial charge in [-0.3, -0.25) is 4.79 Å². The summed E-state index contributed by atoms with van der Waals surface area (Å²) in [4.78, 5) is 10.2. The summed E-state index contributed by atoms with van der Waals surface area (Å²) in [6.45, 7) is 1.91. The van der Waals surface area contributed by atoms with Crippen LogP contribution in [0.15, 0.2) is 11.5 Å². The number of nitrogens with two attached hydrogens (primary N) is 1. The van der Waals surface area contributed by atoms with Crippen molar-refractivity contribution >= 4 is 27.6 Å². The van der Waals surface area contributed by atoms with Gasteiger partial charge in [0.25, 0.3) is 0 Å². The molecule has 0 aliphatic rings. The van der Waals surface area contributed by atoms with Crippen LogP contribution in [0, 0.1) is 0 Å². The van der Waals surface area contributed by atoms with Crippen LogP contribution < -0.4 is 5.73 Å². The summed E-state index contributed by atoms with van der Waals surface area (Å²) in [5.74, 6) is -0.511. The molecule has 0 aliphatic carbocycles. The van der Waals surface area contributed by atoms with E-state index in [1.807, 2.05) is 18.4 Å². The molecule has 1 atom stereocenters. The molecule has 3 nitrogen and oxygen atoms in total. The molecule has 0 aromatic rings.